The van der Waals surface area contributed by atoms with Crippen LogP contribution >= 0.6 is 0 Å². The Labute approximate surface area is 63.5 Å². The van der Waals surface area contributed by atoms with E-state index in [9.17, 15) is 0 Å². The molecule has 0 atom stereocenters. The molecule has 0 aromatic rings. The highest BCUT2D eigenvalue weighted by molar-refractivity contribution is 5.02. The standard InChI is InChI=1S/C8H18N2/c1-7(8(2,3)4)10-6-5-9/h10H,1,5-6,9H2,2-4H3. The van der Waals surface area contributed by atoms with Crippen LogP contribution in [0, 0.1) is 5.41 Å². The lowest BCUT2D eigenvalue weighted by atomic mass is 9.93. The van der Waals surface area contributed by atoms with Crippen LogP contribution in [0.1, 0.15) is 20.8 Å². The average Bonchev–Trinajstić information content (AvgIpc) is 1.80. The van der Waals surface area contributed by atoms with Gasteiger partial charge in [-0.15, -0.1) is 0 Å². The van der Waals surface area contributed by atoms with E-state index in [4.69, 9.17) is 5.73 Å². The first-order valence-corrected chi connectivity index (χ1v) is 3.62. The summed E-state index contributed by atoms with van der Waals surface area (Å²) in [5.74, 6) is 0. The number of hydrogen-bond acceptors (Lipinski definition) is 2. The second-order valence-electron chi connectivity index (χ2n) is 3.44. The number of allylic oxidation sites excluding steroid dienone is 1. The Morgan fingerprint density at radius 2 is 2.00 bits per heavy atom. The highest BCUT2D eigenvalue weighted by Gasteiger charge is 2.13. The van der Waals surface area contributed by atoms with Crippen molar-refractivity contribution in [1.82, 2.24) is 5.32 Å². The molecule has 0 rings (SSSR count). The molecule has 10 heavy (non-hydrogen) atoms. The van der Waals surface area contributed by atoms with Crippen molar-refractivity contribution < 1.29 is 0 Å². The zero-order valence-corrected chi connectivity index (χ0v) is 7.20. The smallest absolute Gasteiger partial charge is 0.0267 e. The Morgan fingerprint density at radius 1 is 1.50 bits per heavy atom. The number of nitrogens with two attached hydrogens (primary N) is 1. The monoisotopic (exact) mass is 142 g/mol. The van der Waals surface area contributed by atoms with E-state index >= 15 is 0 Å². The first kappa shape index (κ1) is 9.50. The van der Waals surface area contributed by atoms with Crippen molar-refractivity contribution in [2.24, 2.45) is 11.1 Å². The molecule has 0 aliphatic carbocycles. The molecule has 0 radical (unpaired) electrons. The summed E-state index contributed by atoms with van der Waals surface area (Å²) in [6.07, 6.45) is 0. The van der Waals surface area contributed by atoms with Crippen LogP contribution in [0.3, 0.4) is 0 Å². The van der Waals surface area contributed by atoms with E-state index in [-0.39, 0.29) is 5.41 Å². The second kappa shape index (κ2) is 3.62. The van der Waals surface area contributed by atoms with Gasteiger partial charge in [-0.25, -0.2) is 0 Å². The topological polar surface area (TPSA) is 38.0 Å². The number of rotatable bonds is 3. The van der Waals surface area contributed by atoms with Crippen LogP contribution in [-0.2, 0) is 0 Å². The summed E-state index contributed by atoms with van der Waals surface area (Å²) in [6.45, 7) is 11.7. The first-order valence-electron chi connectivity index (χ1n) is 3.62. The third-order valence-electron chi connectivity index (χ3n) is 1.39. The molecule has 0 aromatic heterocycles. The predicted molar refractivity (Wildman–Crippen MR) is 45.7 cm³/mol. The molecule has 0 aliphatic rings. The van der Waals surface area contributed by atoms with Crippen LogP contribution in [0.15, 0.2) is 12.3 Å². The molecule has 0 saturated carbocycles. The SMILES string of the molecule is C=C(NCCN)C(C)(C)C. The van der Waals surface area contributed by atoms with Crippen LogP contribution in [-0.4, -0.2) is 13.1 Å². The highest BCUT2D eigenvalue weighted by Crippen LogP contribution is 2.20. The van der Waals surface area contributed by atoms with Crippen molar-refractivity contribution in [2.75, 3.05) is 13.1 Å². The Hall–Kier alpha value is -0.500. The van der Waals surface area contributed by atoms with Gasteiger partial charge < -0.3 is 11.1 Å². The lowest BCUT2D eigenvalue weighted by molar-refractivity contribution is 0.464. The molecule has 60 valence electrons. The third-order valence-corrected chi connectivity index (χ3v) is 1.39. The van der Waals surface area contributed by atoms with Crippen molar-refractivity contribution in [2.45, 2.75) is 20.8 Å². The summed E-state index contributed by atoms with van der Waals surface area (Å²) < 4.78 is 0. The van der Waals surface area contributed by atoms with Gasteiger partial charge in [0.15, 0.2) is 0 Å². The maximum absolute atomic E-state index is 5.32. The molecule has 0 heterocycles. The first-order chi connectivity index (χ1) is 4.48. The summed E-state index contributed by atoms with van der Waals surface area (Å²) in [5.41, 5.74) is 6.52. The molecule has 0 bridgehead atoms. The van der Waals surface area contributed by atoms with Gasteiger partial charge in [0.05, 0.1) is 0 Å². The number of hydrogen-bond donors (Lipinski definition) is 2. The van der Waals surface area contributed by atoms with Gasteiger partial charge in [0.2, 0.25) is 0 Å². The Balaban J connectivity index is 3.64. The molecule has 2 heteroatoms. The largest absolute Gasteiger partial charge is 0.387 e. The minimum atomic E-state index is 0.148. The fourth-order valence-electron chi connectivity index (χ4n) is 0.488. The van der Waals surface area contributed by atoms with Crippen LogP contribution in [0.5, 0.6) is 0 Å². The second-order valence-corrected chi connectivity index (χ2v) is 3.44. The van der Waals surface area contributed by atoms with Gasteiger partial charge in [0.1, 0.15) is 0 Å². The zero-order valence-electron chi connectivity index (χ0n) is 7.20. The van der Waals surface area contributed by atoms with E-state index in [1.807, 2.05) is 0 Å². The Morgan fingerprint density at radius 3 is 2.30 bits per heavy atom. The summed E-state index contributed by atoms with van der Waals surface area (Å²) >= 11 is 0. The van der Waals surface area contributed by atoms with Gasteiger partial charge in [-0.2, -0.15) is 0 Å². The summed E-state index contributed by atoms with van der Waals surface area (Å²) in [4.78, 5) is 0. The van der Waals surface area contributed by atoms with Gasteiger partial charge in [0, 0.05) is 24.2 Å². The summed E-state index contributed by atoms with van der Waals surface area (Å²) in [6, 6.07) is 0. The van der Waals surface area contributed by atoms with E-state index < -0.39 is 0 Å². The van der Waals surface area contributed by atoms with Gasteiger partial charge in [0.25, 0.3) is 0 Å². The fraction of sp³-hybridized carbons (Fsp3) is 0.750. The molecule has 0 spiro atoms. The molecule has 0 unspecified atom stereocenters. The van der Waals surface area contributed by atoms with Crippen molar-refractivity contribution >= 4 is 0 Å². The molecule has 3 N–H and O–H groups in total. The van der Waals surface area contributed by atoms with Gasteiger partial charge in [-0.3, -0.25) is 0 Å². The molecule has 0 aliphatic heterocycles. The number of nitrogens with one attached hydrogen (secondary N) is 1. The molecule has 0 fully saturated rings. The summed E-state index contributed by atoms with van der Waals surface area (Å²) in [5, 5.41) is 3.15. The van der Waals surface area contributed by atoms with Crippen molar-refractivity contribution in [3.63, 3.8) is 0 Å². The molecule has 0 aromatic carbocycles. The molecule has 2 nitrogen and oxygen atoms in total. The Kier molecular flexibility index (Phi) is 3.43. The van der Waals surface area contributed by atoms with Crippen LogP contribution in [0.25, 0.3) is 0 Å². The Bertz CT molecular complexity index is 111. The van der Waals surface area contributed by atoms with Crippen LogP contribution in [0.2, 0.25) is 0 Å². The van der Waals surface area contributed by atoms with Crippen molar-refractivity contribution in [3.05, 3.63) is 12.3 Å². The van der Waals surface area contributed by atoms with E-state index in [1.165, 1.54) is 0 Å². The minimum Gasteiger partial charge on any atom is -0.387 e. The van der Waals surface area contributed by atoms with Crippen LogP contribution < -0.4 is 11.1 Å². The molecular formula is C8H18N2. The predicted octanol–water partition coefficient (Wildman–Crippen LogP) is 1.09. The van der Waals surface area contributed by atoms with Crippen molar-refractivity contribution in [3.8, 4) is 0 Å². The van der Waals surface area contributed by atoms with Gasteiger partial charge in [-0.05, 0) is 0 Å². The van der Waals surface area contributed by atoms with Gasteiger partial charge >= 0.3 is 0 Å². The van der Waals surface area contributed by atoms with Gasteiger partial charge in [-0.1, -0.05) is 27.4 Å². The van der Waals surface area contributed by atoms with Crippen molar-refractivity contribution in [1.29, 1.82) is 0 Å². The lowest BCUT2D eigenvalue weighted by Gasteiger charge is -2.22. The van der Waals surface area contributed by atoms with E-state index in [0.29, 0.717) is 6.54 Å². The maximum atomic E-state index is 5.32. The third kappa shape index (κ3) is 3.51. The summed E-state index contributed by atoms with van der Waals surface area (Å²) in [7, 11) is 0. The van der Waals surface area contributed by atoms with E-state index in [2.05, 4.69) is 32.7 Å². The normalized spacial score (nSPS) is 11.2. The van der Waals surface area contributed by atoms with Crippen LogP contribution in [0.4, 0.5) is 0 Å². The zero-order chi connectivity index (χ0) is 8.20. The lowest BCUT2D eigenvalue weighted by Crippen LogP contribution is -2.28. The van der Waals surface area contributed by atoms with E-state index in [0.717, 1.165) is 12.2 Å². The fourth-order valence-corrected chi connectivity index (χ4v) is 0.488. The molecule has 0 saturated heterocycles. The quantitative estimate of drug-likeness (QED) is 0.619. The minimum absolute atomic E-state index is 0.148. The highest BCUT2D eigenvalue weighted by atomic mass is 14.9. The maximum Gasteiger partial charge on any atom is 0.0267 e. The average molecular weight is 142 g/mol. The molecule has 0 amide bonds. The van der Waals surface area contributed by atoms with E-state index in [1.54, 1.807) is 0 Å². The molecular weight excluding hydrogens is 124 g/mol.